The van der Waals surface area contributed by atoms with E-state index in [-0.39, 0.29) is 24.9 Å². The van der Waals surface area contributed by atoms with Gasteiger partial charge in [-0.05, 0) is 74.1 Å². The van der Waals surface area contributed by atoms with E-state index in [0.29, 0.717) is 12.1 Å². The Morgan fingerprint density at radius 1 is 1.06 bits per heavy atom. The molecule has 0 heterocycles. The Labute approximate surface area is 186 Å². The van der Waals surface area contributed by atoms with Gasteiger partial charge in [0.1, 0.15) is 5.75 Å². The van der Waals surface area contributed by atoms with E-state index in [1.807, 2.05) is 64.1 Å². The summed E-state index contributed by atoms with van der Waals surface area (Å²) in [7, 11) is -1.80. The molecule has 170 valence electrons. The van der Waals surface area contributed by atoms with Crippen LogP contribution in [0.3, 0.4) is 0 Å². The lowest BCUT2D eigenvalue weighted by molar-refractivity contribution is -0.121. The number of anilines is 1. The van der Waals surface area contributed by atoms with Crippen LogP contribution in [0.4, 0.5) is 5.69 Å². The fourth-order valence-corrected chi connectivity index (χ4v) is 4.51. The number of amides is 1. The lowest BCUT2D eigenvalue weighted by atomic mass is 10.0. The number of sulfonamides is 1. The fourth-order valence-electron chi connectivity index (χ4n) is 3.56. The summed E-state index contributed by atoms with van der Waals surface area (Å²) < 4.78 is 31.3. The van der Waals surface area contributed by atoms with Crippen LogP contribution in [0.1, 0.15) is 54.5 Å². The predicted octanol–water partition coefficient (Wildman–Crippen LogP) is 4.43. The second kappa shape index (κ2) is 10.7. The van der Waals surface area contributed by atoms with Crippen molar-refractivity contribution >= 4 is 21.6 Å². The molecule has 0 aliphatic heterocycles. The highest BCUT2D eigenvalue weighted by molar-refractivity contribution is 7.92. The van der Waals surface area contributed by atoms with Crippen LogP contribution < -0.4 is 14.4 Å². The number of carbonyl (C=O) groups excluding carboxylic acids is 1. The van der Waals surface area contributed by atoms with E-state index < -0.39 is 10.0 Å². The summed E-state index contributed by atoms with van der Waals surface area (Å²) >= 11 is 0. The second-order valence-electron chi connectivity index (χ2n) is 7.96. The smallest absolute Gasteiger partial charge is 0.232 e. The number of nitrogens with zero attached hydrogens (tertiary/aromatic N) is 1. The van der Waals surface area contributed by atoms with Gasteiger partial charge in [-0.2, -0.15) is 0 Å². The first-order valence-corrected chi connectivity index (χ1v) is 12.4. The van der Waals surface area contributed by atoms with Gasteiger partial charge in [-0.15, -0.1) is 0 Å². The molecule has 0 bridgehead atoms. The molecule has 0 aromatic heterocycles. The Morgan fingerprint density at radius 3 is 2.32 bits per heavy atom. The fraction of sp³-hybridized carbons (Fsp3) is 0.458. The third-order valence-corrected chi connectivity index (χ3v) is 6.70. The molecular weight excluding hydrogens is 412 g/mol. The minimum Gasteiger partial charge on any atom is -0.496 e. The van der Waals surface area contributed by atoms with Gasteiger partial charge in [0, 0.05) is 13.0 Å². The van der Waals surface area contributed by atoms with Gasteiger partial charge in [0.25, 0.3) is 0 Å². The van der Waals surface area contributed by atoms with Gasteiger partial charge < -0.3 is 10.1 Å². The van der Waals surface area contributed by atoms with Gasteiger partial charge in [-0.1, -0.05) is 25.1 Å². The molecule has 1 amide bonds. The van der Waals surface area contributed by atoms with Crippen molar-refractivity contribution in [1.82, 2.24) is 5.32 Å². The lowest BCUT2D eigenvalue weighted by Gasteiger charge is -2.23. The number of nitrogens with one attached hydrogen (secondary N) is 1. The third-order valence-electron chi connectivity index (χ3n) is 5.51. The summed E-state index contributed by atoms with van der Waals surface area (Å²) in [6, 6.07) is 11.4. The van der Waals surface area contributed by atoms with Gasteiger partial charge >= 0.3 is 0 Å². The molecular formula is C24H34N2O4S. The highest BCUT2D eigenvalue weighted by atomic mass is 32.2. The van der Waals surface area contributed by atoms with E-state index in [0.717, 1.165) is 34.4 Å². The Bertz CT molecular complexity index is 1020. The summed E-state index contributed by atoms with van der Waals surface area (Å²) in [4.78, 5) is 12.6. The van der Waals surface area contributed by atoms with Crippen molar-refractivity contribution < 1.29 is 17.9 Å². The number of ether oxygens (including phenoxy) is 1. The molecule has 1 atom stereocenters. The molecule has 0 spiro atoms. The van der Waals surface area contributed by atoms with Crippen LogP contribution in [-0.4, -0.2) is 34.2 Å². The van der Waals surface area contributed by atoms with E-state index in [1.54, 1.807) is 7.11 Å². The summed E-state index contributed by atoms with van der Waals surface area (Å²) in [5.41, 5.74) is 4.82. The summed E-state index contributed by atoms with van der Waals surface area (Å²) in [5, 5.41) is 3.07. The minimum atomic E-state index is -3.44. The SMILES string of the molecule is CC[C@H](NC(=O)CCCN(c1ccc(C)c(C)c1)S(C)(=O)=O)c1ccc(OC)c(C)c1. The number of methoxy groups -OCH3 is 1. The van der Waals surface area contributed by atoms with Gasteiger partial charge in [-0.25, -0.2) is 8.42 Å². The zero-order valence-corrected chi connectivity index (χ0v) is 20.2. The highest BCUT2D eigenvalue weighted by Crippen LogP contribution is 2.25. The minimum absolute atomic E-state index is 0.0890. The molecule has 0 unspecified atom stereocenters. The van der Waals surface area contributed by atoms with E-state index in [4.69, 9.17) is 4.74 Å². The van der Waals surface area contributed by atoms with Crippen LogP contribution in [0.2, 0.25) is 0 Å². The Morgan fingerprint density at radius 2 is 1.77 bits per heavy atom. The zero-order valence-electron chi connectivity index (χ0n) is 19.4. The molecule has 6 nitrogen and oxygen atoms in total. The summed E-state index contributed by atoms with van der Waals surface area (Å²) in [5.74, 6) is 0.728. The molecule has 0 aliphatic rings. The molecule has 1 N–H and O–H groups in total. The van der Waals surface area contributed by atoms with Crippen molar-refractivity contribution in [1.29, 1.82) is 0 Å². The van der Waals surface area contributed by atoms with E-state index >= 15 is 0 Å². The Balaban J connectivity index is 2.01. The molecule has 2 aromatic carbocycles. The first-order chi connectivity index (χ1) is 14.6. The molecule has 0 aliphatic carbocycles. The van der Waals surface area contributed by atoms with Crippen LogP contribution >= 0.6 is 0 Å². The average Bonchev–Trinajstić information content (AvgIpc) is 2.70. The van der Waals surface area contributed by atoms with Gasteiger partial charge in [0.2, 0.25) is 15.9 Å². The summed E-state index contributed by atoms with van der Waals surface area (Å²) in [6.45, 7) is 8.20. The number of rotatable bonds is 10. The third kappa shape index (κ3) is 6.72. The number of benzene rings is 2. The number of hydrogen-bond acceptors (Lipinski definition) is 4. The monoisotopic (exact) mass is 446 g/mol. The van der Waals surface area contributed by atoms with E-state index in [1.165, 1.54) is 10.6 Å². The van der Waals surface area contributed by atoms with Crippen molar-refractivity contribution in [2.24, 2.45) is 0 Å². The molecule has 2 aromatic rings. The van der Waals surface area contributed by atoms with Crippen LogP contribution in [0, 0.1) is 20.8 Å². The molecule has 2 rings (SSSR count). The number of aryl methyl sites for hydroxylation is 3. The number of hydrogen-bond donors (Lipinski definition) is 1. The molecule has 0 saturated heterocycles. The number of carbonyl (C=O) groups is 1. The molecule has 7 heteroatoms. The average molecular weight is 447 g/mol. The standard InChI is InChI=1S/C24H34N2O4S/c1-7-22(20-11-13-23(30-5)19(4)15-20)25-24(27)9-8-14-26(31(6,28)29)21-12-10-17(2)18(3)16-21/h10-13,15-16,22H,7-9,14H2,1-6H3,(H,25,27)/t22-/m0/s1. The van der Waals surface area contributed by atoms with Gasteiger partial charge in [0.15, 0.2) is 0 Å². The zero-order chi connectivity index (χ0) is 23.2. The van der Waals surface area contributed by atoms with Crippen molar-refractivity contribution in [2.75, 3.05) is 24.2 Å². The van der Waals surface area contributed by atoms with Crippen molar-refractivity contribution in [3.63, 3.8) is 0 Å². The first kappa shape index (κ1) is 24.7. The highest BCUT2D eigenvalue weighted by Gasteiger charge is 2.19. The lowest BCUT2D eigenvalue weighted by Crippen LogP contribution is -2.33. The van der Waals surface area contributed by atoms with Crippen molar-refractivity contribution in [3.8, 4) is 5.75 Å². The Hall–Kier alpha value is -2.54. The molecule has 0 radical (unpaired) electrons. The van der Waals surface area contributed by atoms with Crippen LogP contribution in [-0.2, 0) is 14.8 Å². The van der Waals surface area contributed by atoms with Gasteiger partial charge in [0.05, 0.1) is 25.1 Å². The van der Waals surface area contributed by atoms with Crippen molar-refractivity contribution in [2.45, 2.75) is 53.0 Å². The molecule has 0 fully saturated rings. The molecule has 31 heavy (non-hydrogen) atoms. The normalized spacial score (nSPS) is 12.3. The maximum atomic E-state index is 12.6. The largest absolute Gasteiger partial charge is 0.496 e. The maximum Gasteiger partial charge on any atom is 0.232 e. The van der Waals surface area contributed by atoms with Crippen LogP contribution in [0.5, 0.6) is 5.75 Å². The maximum absolute atomic E-state index is 12.6. The molecule has 0 saturated carbocycles. The second-order valence-corrected chi connectivity index (χ2v) is 9.87. The van der Waals surface area contributed by atoms with Gasteiger partial charge in [-0.3, -0.25) is 9.10 Å². The quantitative estimate of drug-likeness (QED) is 0.586. The topological polar surface area (TPSA) is 75.7 Å². The predicted molar refractivity (Wildman–Crippen MR) is 126 cm³/mol. The first-order valence-electron chi connectivity index (χ1n) is 10.6. The summed E-state index contributed by atoms with van der Waals surface area (Å²) in [6.07, 6.45) is 2.64. The van der Waals surface area contributed by atoms with Crippen LogP contribution in [0.15, 0.2) is 36.4 Å². The Kier molecular flexibility index (Phi) is 8.51. The van der Waals surface area contributed by atoms with Crippen molar-refractivity contribution in [3.05, 3.63) is 58.7 Å². The van der Waals surface area contributed by atoms with Crippen LogP contribution in [0.25, 0.3) is 0 Å². The van der Waals surface area contributed by atoms with E-state index in [9.17, 15) is 13.2 Å². The van der Waals surface area contributed by atoms with E-state index in [2.05, 4.69) is 5.32 Å².